The van der Waals surface area contributed by atoms with Gasteiger partial charge in [0.15, 0.2) is 0 Å². The fourth-order valence-corrected chi connectivity index (χ4v) is 1.43. The van der Waals surface area contributed by atoms with Crippen molar-refractivity contribution in [2.24, 2.45) is 5.73 Å². The molecule has 5 nitrogen and oxygen atoms in total. The van der Waals surface area contributed by atoms with E-state index in [1.54, 1.807) is 6.07 Å². The molecule has 3 N–H and O–H groups in total. The summed E-state index contributed by atoms with van der Waals surface area (Å²) in [4.78, 5) is 22.1. The number of hydrogen-bond donors (Lipinski definition) is 2. The molecule has 2 rings (SSSR count). The molecule has 1 aliphatic carbocycles. The number of carboxylic acids is 1. The van der Waals surface area contributed by atoms with Crippen molar-refractivity contribution in [3.63, 3.8) is 0 Å². The van der Waals surface area contributed by atoms with Crippen LogP contribution in [-0.4, -0.2) is 23.1 Å². The van der Waals surface area contributed by atoms with E-state index in [0.717, 1.165) is 12.8 Å². The molecule has 0 spiro atoms. The van der Waals surface area contributed by atoms with Crippen molar-refractivity contribution in [3.05, 3.63) is 29.3 Å². The van der Waals surface area contributed by atoms with Gasteiger partial charge in [-0.15, -0.1) is 0 Å². The maximum atomic E-state index is 11.2. The van der Waals surface area contributed by atoms with Gasteiger partial charge in [0.1, 0.15) is 5.75 Å². The van der Waals surface area contributed by atoms with E-state index in [4.69, 9.17) is 15.6 Å². The average Bonchev–Trinajstić information content (AvgIpc) is 3.00. The minimum Gasteiger partial charge on any atom is -0.490 e. The van der Waals surface area contributed by atoms with Crippen LogP contribution in [0, 0.1) is 0 Å². The van der Waals surface area contributed by atoms with Gasteiger partial charge in [-0.3, -0.25) is 4.79 Å². The summed E-state index contributed by atoms with van der Waals surface area (Å²) >= 11 is 0. The number of benzene rings is 1. The predicted octanol–water partition coefficient (Wildman–Crippen LogP) is 1.02. The first-order valence-electron chi connectivity index (χ1n) is 4.92. The Kier molecular flexibility index (Phi) is 2.52. The molecule has 1 saturated carbocycles. The number of carbonyl (C=O) groups is 2. The number of ether oxygens (including phenoxy) is 1. The number of nitrogens with two attached hydrogens (primary N) is 1. The Bertz CT molecular complexity index is 451. The fourth-order valence-electron chi connectivity index (χ4n) is 1.43. The summed E-state index contributed by atoms with van der Waals surface area (Å²) in [5, 5.41) is 8.93. The second-order valence-corrected chi connectivity index (χ2v) is 3.67. The van der Waals surface area contributed by atoms with Gasteiger partial charge in [0.25, 0.3) is 5.91 Å². The molecule has 0 aromatic heterocycles. The van der Waals surface area contributed by atoms with Crippen molar-refractivity contribution in [3.8, 4) is 5.75 Å². The van der Waals surface area contributed by atoms with Crippen molar-refractivity contribution in [1.82, 2.24) is 0 Å². The molecule has 1 aromatic rings. The SMILES string of the molecule is NC(=O)c1c(OC2CC2)cccc1C(=O)O. The number of rotatable bonds is 4. The predicted molar refractivity (Wildman–Crippen MR) is 55.6 cm³/mol. The molecule has 0 aliphatic heterocycles. The number of aromatic carboxylic acids is 1. The summed E-state index contributed by atoms with van der Waals surface area (Å²) in [6.45, 7) is 0. The van der Waals surface area contributed by atoms with Crippen molar-refractivity contribution in [1.29, 1.82) is 0 Å². The van der Waals surface area contributed by atoms with Crippen molar-refractivity contribution >= 4 is 11.9 Å². The van der Waals surface area contributed by atoms with E-state index < -0.39 is 11.9 Å². The van der Waals surface area contributed by atoms with Crippen LogP contribution < -0.4 is 10.5 Å². The summed E-state index contributed by atoms with van der Waals surface area (Å²) in [7, 11) is 0. The lowest BCUT2D eigenvalue weighted by Gasteiger charge is -2.10. The minimum absolute atomic E-state index is 0.0538. The van der Waals surface area contributed by atoms with Crippen LogP contribution >= 0.6 is 0 Å². The number of amides is 1. The molecule has 0 bridgehead atoms. The van der Waals surface area contributed by atoms with Crippen LogP contribution in [0.15, 0.2) is 18.2 Å². The highest BCUT2D eigenvalue weighted by molar-refractivity contribution is 6.06. The van der Waals surface area contributed by atoms with E-state index in [1.807, 2.05) is 0 Å². The number of carbonyl (C=O) groups excluding carboxylic acids is 1. The van der Waals surface area contributed by atoms with Crippen molar-refractivity contribution < 1.29 is 19.4 Å². The molecule has 5 heteroatoms. The van der Waals surface area contributed by atoms with E-state index in [9.17, 15) is 9.59 Å². The molecule has 0 radical (unpaired) electrons. The lowest BCUT2D eigenvalue weighted by molar-refractivity contribution is 0.0691. The number of carboxylic acid groups (broad SMARTS) is 1. The summed E-state index contributed by atoms with van der Waals surface area (Å²) in [6, 6.07) is 4.43. The molecule has 1 aliphatic rings. The molecular weight excluding hydrogens is 210 g/mol. The van der Waals surface area contributed by atoms with E-state index >= 15 is 0 Å². The molecule has 1 fully saturated rings. The highest BCUT2D eigenvalue weighted by Gasteiger charge is 2.27. The third-order valence-corrected chi connectivity index (χ3v) is 2.32. The molecule has 0 heterocycles. The Hall–Kier alpha value is -2.04. The Morgan fingerprint density at radius 3 is 2.56 bits per heavy atom. The second-order valence-electron chi connectivity index (χ2n) is 3.67. The molecule has 0 saturated heterocycles. The fraction of sp³-hybridized carbons (Fsp3) is 0.273. The molecule has 1 aromatic carbocycles. The van der Waals surface area contributed by atoms with Gasteiger partial charge in [0.2, 0.25) is 0 Å². The van der Waals surface area contributed by atoms with E-state index in [2.05, 4.69) is 0 Å². The lowest BCUT2D eigenvalue weighted by atomic mass is 10.1. The third kappa shape index (κ3) is 1.98. The van der Waals surface area contributed by atoms with Gasteiger partial charge in [-0.1, -0.05) is 6.07 Å². The quantitative estimate of drug-likeness (QED) is 0.794. The summed E-state index contributed by atoms with van der Waals surface area (Å²) in [5.74, 6) is -1.71. The maximum Gasteiger partial charge on any atom is 0.336 e. The molecule has 0 unspecified atom stereocenters. The van der Waals surface area contributed by atoms with Crippen LogP contribution in [-0.2, 0) is 0 Å². The summed E-state index contributed by atoms with van der Waals surface area (Å²) in [5.41, 5.74) is 4.99. The van der Waals surface area contributed by atoms with Crippen LogP contribution in [0.2, 0.25) is 0 Å². The van der Waals surface area contributed by atoms with Gasteiger partial charge in [-0.2, -0.15) is 0 Å². The second kappa shape index (κ2) is 3.84. The topological polar surface area (TPSA) is 89.6 Å². The lowest BCUT2D eigenvalue weighted by Crippen LogP contribution is -2.18. The van der Waals surface area contributed by atoms with Gasteiger partial charge >= 0.3 is 5.97 Å². The van der Waals surface area contributed by atoms with Gasteiger partial charge in [0.05, 0.1) is 17.2 Å². The highest BCUT2D eigenvalue weighted by atomic mass is 16.5. The molecule has 0 atom stereocenters. The largest absolute Gasteiger partial charge is 0.490 e. The van der Waals surface area contributed by atoms with E-state index in [-0.39, 0.29) is 23.0 Å². The van der Waals surface area contributed by atoms with Gasteiger partial charge in [0, 0.05) is 0 Å². The number of hydrogen-bond acceptors (Lipinski definition) is 3. The van der Waals surface area contributed by atoms with E-state index in [0.29, 0.717) is 0 Å². The van der Waals surface area contributed by atoms with Crippen molar-refractivity contribution in [2.45, 2.75) is 18.9 Å². The zero-order valence-electron chi connectivity index (χ0n) is 8.47. The minimum atomic E-state index is -1.19. The average molecular weight is 221 g/mol. The zero-order chi connectivity index (χ0) is 11.7. The van der Waals surface area contributed by atoms with Crippen LogP contribution in [0.4, 0.5) is 0 Å². The Morgan fingerprint density at radius 1 is 1.38 bits per heavy atom. The first-order chi connectivity index (χ1) is 7.59. The Labute approximate surface area is 91.8 Å². The standard InChI is InChI=1S/C11H11NO4/c12-10(13)9-7(11(14)15)2-1-3-8(9)16-6-4-5-6/h1-3,6H,4-5H2,(H2,12,13)(H,14,15). The first-order valence-corrected chi connectivity index (χ1v) is 4.92. The summed E-state index contributed by atoms with van der Waals surface area (Å²) < 4.78 is 5.44. The van der Waals surface area contributed by atoms with Crippen LogP contribution in [0.1, 0.15) is 33.6 Å². The molecular formula is C11H11NO4. The number of primary amides is 1. The highest BCUT2D eigenvalue weighted by Crippen LogP contribution is 2.30. The van der Waals surface area contributed by atoms with Crippen LogP contribution in [0.3, 0.4) is 0 Å². The maximum absolute atomic E-state index is 11.2. The Balaban J connectivity index is 2.45. The summed E-state index contributed by atoms with van der Waals surface area (Å²) in [6.07, 6.45) is 1.94. The van der Waals surface area contributed by atoms with Crippen LogP contribution in [0.25, 0.3) is 0 Å². The molecule has 1 amide bonds. The zero-order valence-corrected chi connectivity index (χ0v) is 8.47. The molecule has 16 heavy (non-hydrogen) atoms. The normalized spacial score (nSPS) is 14.5. The molecule has 84 valence electrons. The monoisotopic (exact) mass is 221 g/mol. The third-order valence-electron chi connectivity index (χ3n) is 2.32. The Morgan fingerprint density at radius 2 is 2.06 bits per heavy atom. The van der Waals surface area contributed by atoms with Gasteiger partial charge < -0.3 is 15.6 Å². The van der Waals surface area contributed by atoms with E-state index in [1.165, 1.54) is 12.1 Å². The van der Waals surface area contributed by atoms with Gasteiger partial charge in [-0.05, 0) is 25.0 Å². The van der Waals surface area contributed by atoms with Crippen LogP contribution in [0.5, 0.6) is 5.75 Å². The first kappa shape index (κ1) is 10.5. The smallest absolute Gasteiger partial charge is 0.336 e. The van der Waals surface area contributed by atoms with Gasteiger partial charge in [-0.25, -0.2) is 4.79 Å². The van der Waals surface area contributed by atoms with Crippen molar-refractivity contribution in [2.75, 3.05) is 0 Å².